The molecule has 0 amide bonds. The van der Waals surface area contributed by atoms with Gasteiger partial charge in [0.1, 0.15) is 0 Å². The maximum atomic E-state index is 10.8. The molecule has 78 valence electrons. The monoisotopic (exact) mass is 197 g/mol. The highest BCUT2D eigenvalue weighted by Crippen LogP contribution is 2.12. The first-order valence-electron chi connectivity index (χ1n) is 4.94. The standard InChI is InChI=1S/C9H15N3O2/c13-9(14)7-5-10-11-8(7)6-12-3-1-2-4-12/h10-11H,1-6H2,(H,13,14). The number of hydrogen-bond acceptors (Lipinski definition) is 4. The summed E-state index contributed by atoms with van der Waals surface area (Å²) in [6, 6.07) is 0. The van der Waals surface area contributed by atoms with Crippen molar-refractivity contribution in [2.45, 2.75) is 12.8 Å². The number of nitrogens with one attached hydrogen (secondary N) is 2. The van der Waals surface area contributed by atoms with Gasteiger partial charge >= 0.3 is 5.97 Å². The summed E-state index contributed by atoms with van der Waals surface area (Å²) in [5.41, 5.74) is 7.06. The van der Waals surface area contributed by atoms with Gasteiger partial charge in [0, 0.05) is 13.1 Å². The highest BCUT2D eigenvalue weighted by atomic mass is 16.4. The number of hydrazine groups is 1. The highest BCUT2D eigenvalue weighted by Gasteiger charge is 2.22. The lowest BCUT2D eigenvalue weighted by Crippen LogP contribution is -2.31. The number of aliphatic carboxylic acids is 1. The minimum atomic E-state index is -0.823. The van der Waals surface area contributed by atoms with Crippen LogP contribution in [0.15, 0.2) is 11.3 Å². The Hall–Kier alpha value is -1.07. The number of likely N-dealkylation sites (tertiary alicyclic amines) is 1. The number of carboxylic acid groups (broad SMARTS) is 1. The zero-order valence-electron chi connectivity index (χ0n) is 8.05. The van der Waals surface area contributed by atoms with E-state index in [0.717, 1.165) is 25.3 Å². The topological polar surface area (TPSA) is 64.6 Å². The van der Waals surface area contributed by atoms with Gasteiger partial charge in [0.05, 0.1) is 11.3 Å². The predicted molar refractivity (Wildman–Crippen MR) is 51.5 cm³/mol. The van der Waals surface area contributed by atoms with Crippen LogP contribution in [0.25, 0.3) is 0 Å². The summed E-state index contributed by atoms with van der Waals surface area (Å²) in [5, 5.41) is 8.90. The minimum Gasteiger partial charge on any atom is -0.478 e. The summed E-state index contributed by atoms with van der Waals surface area (Å²) in [6.45, 7) is 3.31. The normalized spacial score (nSPS) is 22.9. The van der Waals surface area contributed by atoms with E-state index >= 15 is 0 Å². The first-order chi connectivity index (χ1) is 6.77. The Labute approximate surface area is 82.7 Å². The van der Waals surface area contributed by atoms with Crippen molar-refractivity contribution < 1.29 is 9.90 Å². The Morgan fingerprint density at radius 1 is 1.43 bits per heavy atom. The summed E-state index contributed by atoms with van der Waals surface area (Å²) >= 11 is 0. The van der Waals surface area contributed by atoms with E-state index in [2.05, 4.69) is 15.8 Å². The number of rotatable bonds is 3. The molecular formula is C9H15N3O2. The van der Waals surface area contributed by atoms with E-state index < -0.39 is 5.97 Å². The Bertz CT molecular complexity index is 269. The third-order valence-electron chi connectivity index (χ3n) is 2.71. The van der Waals surface area contributed by atoms with Crippen molar-refractivity contribution in [1.82, 2.24) is 15.8 Å². The van der Waals surface area contributed by atoms with Crippen molar-refractivity contribution in [1.29, 1.82) is 0 Å². The lowest BCUT2D eigenvalue weighted by molar-refractivity contribution is -0.132. The molecule has 2 heterocycles. The fourth-order valence-corrected chi connectivity index (χ4v) is 1.93. The molecule has 0 atom stereocenters. The molecule has 14 heavy (non-hydrogen) atoms. The molecule has 0 unspecified atom stereocenters. The molecule has 5 nitrogen and oxygen atoms in total. The SMILES string of the molecule is O=C(O)C1=C(CN2CCCC2)NNC1. The quantitative estimate of drug-likeness (QED) is 0.571. The van der Waals surface area contributed by atoms with Gasteiger partial charge in [0.15, 0.2) is 0 Å². The van der Waals surface area contributed by atoms with Crippen LogP contribution in [0.1, 0.15) is 12.8 Å². The Morgan fingerprint density at radius 2 is 2.14 bits per heavy atom. The van der Waals surface area contributed by atoms with E-state index in [-0.39, 0.29) is 0 Å². The van der Waals surface area contributed by atoms with E-state index in [1.165, 1.54) is 12.8 Å². The summed E-state index contributed by atoms with van der Waals surface area (Å²) < 4.78 is 0. The number of carboxylic acids is 1. The van der Waals surface area contributed by atoms with Crippen molar-refractivity contribution in [2.75, 3.05) is 26.2 Å². The van der Waals surface area contributed by atoms with Crippen LogP contribution in [-0.2, 0) is 4.79 Å². The molecule has 2 aliphatic heterocycles. The summed E-state index contributed by atoms with van der Waals surface area (Å²) in [6.07, 6.45) is 2.45. The van der Waals surface area contributed by atoms with Gasteiger partial charge in [0.2, 0.25) is 0 Å². The van der Waals surface area contributed by atoms with Crippen LogP contribution >= 0.6 is 0 Å². The maximum absolute atomic E-state index is 10.8. The number of hydrogen-bond donors (Lipinski definition) is 3. The summed E-state index contributed by atoms with van der Waals surface area (Å²) in [5.74, 6) is -0.823. The van der Waals surface area contributed by atoms with Crippen LogP contribution < -0.4 is 10.9 Å². The zero-order chi connectivity index (χ0) is 9.97. The van der Waals surface area contributed by atoms with Crippen LogP contribution in [0.4, 0.5) is 0 Å². The lowest BCUT2D eigenvalue weighted by Gasteiger charge is -2.15. The lowest BCUT2D eigenvalue weighted by atomic mass is 10.2. The molecule has 2 rings (SSSR count). The molecule has 0 aliphatic carbocycles. The molecule has 1 fully saturated rings. The van der Waals surface area contributed by atoms with E-state index in [9.17, 15) is 4.79 Å². The molecule has 0 saturated carbocycles. The second-order valence-electron chi connectivity index (χ2n) is 3.72. The highest BCUT2D eigenvalue weighted by molar-refractivity contribution is 5.88. The second kappa shape index (κ2) is 3.98. The maximum Gasteiger partial charge on any atom is 0.334 e. The molecular weight excluding hydrogens is 182 g/mol. The van der Waals surface area contributed by atoms with Gasteiger partial charge in [-0.05, 0) is 25.9 Å². The fourth-order valence-electron chi connectivity index (χ4n) is 1.93. The molecule has 1 saturated heterocycles. The molecule has 0 aromatic heterocycles. The first-order valence-corrected chi connectivity index (χ1v) is 4.94. The Balaban J connectivity index is 2.00. The third-order valence-corrected chi connectivity index (χ3v) is 2.71. The van der Waals surface area contributed by atoms with Crippen LogP contribution in [0.5, 0.6) is 0 Å². The largest absolute Gasteiger partial charge is 0.478 e. The van der Waals surface area contributed by atoms with E-state index in [0.29, 0.717) is 12.1 Å². The number of nitrogens with zero attached hydrogens (tertiary/aromatic N) is 1. The van der Waals surface area contributed by atoms with Crippen LogP contribution in [-0.4, -0.2) is 42.2 Å². The molecule has 0 radical (unpaired) electrons. The summed E-state index contributed by atoms with van der Waals surface area (Å²) in [4.78, 5) is 13.1. The molecule has 0 spiro atoms. The van der Waals surface area contributed by atoms with Crippen molar-refractivity contribution >= 4 is 5.97 Å². The second-order valence-corrected chi connectivity index (χ2v) is 3.72. The molecule has 0 bridgehead atoms. The zero-order valence-corrected chi connectivity index (χ0v) is 8.05. The van der Waals surface area contributed by atoms with Crippen molar-refractivity contribution in [3.63, 3.8) is 0 Å². The third kappa shape index (κ3) is 1.88. The molecule has 0 aromatic rings. The van der Waals surface area contributed by atoms with Gasteiger partial charge in [-0.1, -0.05) is 0 Å². The molecule has 5 heteroatoms. The van der Waals surface area contributed by atoms with Crippen LogP contribution in [0.2, 0.25) is 0 Å². The smallest absolute Gasteiger partial charge is 0.334 e. The van der Waals surface area contributed by atoms with E-state index in [4.69, 9.17) is 5.11 Å². The molecule has 2 aliphatic rings. The van der Waals surface area contributed by atoms with Gasteiger partial charge in [0.25, 0.3) is 0 Å². The Morgan fingerprint density at radius 3 is 2.79 bits per heavy atom. The number of carbonyl (C=O) groups is 1. The average molecular weight is 197 g/mol. The van der Waals surface area contributed by atoms with Gasteiger partial charge in [-0.15, -0.1) is 0 Å². The summed E-state index contributed by atoms with van der Waals surface area (Å²) in [7, 11) is 0. The molecule has 3 N–H and O–H groups in total. The first kappa shape index (κ1) is 9.48. The van der Waals surface area contributed by atoms with Gasteiger partial charge < -0.3 is 10.5 Å². The van der Waals surface area contributed by atoms with Gasteiger partial charge in [-0.25, -0.2) is 10.2 Å². The van der Waals surface area contributed by atoms with E-state index in [1.54, 1.807) is 0 Å². The fraction of sp³-hybridized carbons (Fsp3) is 0.667. The van der Waals surface area contributed by atoms with Crippen molar-refractivity contribution in [3.8, 4) is 0 Å². The Kier molecular flexibility index (Phi) is 2.69. The van der Waals surface area contributed by atoms with Crippen molar-refractivity contribution in [2.24, 2.45) is 0 Å². The minimum absolute atomic E-state index is 0.415. The van der Waals surface area contributed by atoms with Gasteiger partial charge in [-0.2, -0.15) is 0 Å². The average Bonchev–Trinajstić information content (AvgIpc) is 2.75. The molecule has 0 aromatic carbocycles. The van der Waals surface area contributed by atoms with E-state index in [1.807, 2.05) is 0 Å². The van der Waals surface area contributed by atoms with Gasteiger partial charge in [-0.3, -0.25) is 4.90 Å². The van der Waals surface area contributed by atoms with Crippen LogP contribution in [0.3, 0.4) is 0 Å². The van der Waals surface area contributed by atoms with Crippen molar-refractivity contribution in [3.05, 3.63) is 11.3 Å². The predicted octanol–water partition coefficient (Wildman–Crippen LogP) is -0.471. The van der Waals surface area contributed by atoms with Crippen LogP contribution in [0, 0.1) is 0 Å².